The first kappa shape index (κ1) is 18.6. The molecule has 0 atom stereocenters. The van der Waals surface area contributed by atoms with Crippen LogP contribution in [0.1, 0.15) is 31.7 Å². The molecule has 0 aliphatic heterocycles. The number of hydrogen-bond acceptors (Lipinski definition) is 3. The van der Waals surface area contributed by atoms with Crippen LogP contribution >= 0.6 is 0 Å². The molecule has 0 fully saturated rings. The van der Waals surface area contributed by atoms with E-state index >= 15 is 0 Å². The van der Waals surface area contributed by atoms with Crippen LogP contribution in [-0.2, 0) is 6.42 Å². The van der Waals surface area contributed by atoms with Crippen molar-refractivity contribution in [3.63, 3.8) is 0 Å². The lowest BCUT2D eigenvalue weighted by Gasteiger charge is -1.98. The van der Waals surface area contributed by atoms with Gasteiger partial charge in [0.2, 0.25) is 0 Å². The Balaban J connectivity index is 0. The number of benzene rings is 1. The molecule has 102 valence electrons. The summed E-state index contributed by atoms with van der Waals surface area (Å²) in [6.45, 7) is 2.24. The minimum Gasteiger partial charge on any atom is -0.412 e. The highest BCUT2D eigenvalue weighted by molar-refractivity contribution is 5.14. The predicted octanol–water partition coefficient (Wildman–Crippen LogP) is 2.56. The molecule has 2 rings (SSSR count). The second kappa shape index (κ2) is 13.3. The SMILES string of the molecule is CCCCCc1ccccc1.N.O.c1c[nH]nn1. The van der Waals surface area contributed by atoms with Gasteiger partial charge in [0.05, 0.1) is 6.20 Å². The Bertz CT molecular complexity index is 320. The minimum atomic E-state index is 0. The zero-order valence-electron chi connectivity index (χ0n) is 11.0. The van der Waals surface area contributed by atoms with E-state index in [0.717, 1.165) is 0 Å². The second-order valence-corrected chi connectivity index (χ2v) is 3.60. The van der Waals surface area contributed by atoms with Crippen LogP contribution in [0, 0.1) is 0 Å². The highest BCUT2D eigenvalue weighted by Crippen LogP contribution is 2.05. The van der Waals surface area contributed by atoms with Crippen LogP contribution in [0.25, 0.3) is 0 Å². The molecule has 0 spiro atoms. The molecular formula is C13H24N4O. The Labute approximate surface area is 109 Å². The summed E-state index contributed by atoms with van der Waals surface area (Å²) >= 11 is 0. The van der Waals surface area contributed by atoms with Crippen molar-refractivity contribution in [2.45, 2.75) is 32.6 Å². The maximum atomic E-state index is 3.42. The molecule has 5 heteroatoms. The number of rotatable bonds is 4. The van der Waals surface area contributed by atoms with Gasteiger partial charge in [0.1, 0.15) is 0 Å². The van der Waals surface area contributed by atoms with Crippen LogP contribution in [0.5, 0.6) is 0 Å². The lowest BCUT2D eigenvalue weighted by atomic mass is 10.1. The Morgan fingerprint density at radius 3 is 2.28 bits per heavy atom. The molecule has 0 aliphatic carbocycles. The second-order valence-electron chi connectivity index (χ2n) is 3.60. The van der Waals surface area contributed by atoms with E-state index < -0.39 is 0 Å². The molecular weight excluding hydrogens is 228 g/mol. The van der Waals surface area contributed by atoms with Gasteiger partial charge in [0.15, 0.2) is 0 Å². The predicted molar refractivity (Wildman–Crippen MR) is 74.7 cm³/mol. The number of hydrogen-bond donors (Lipinski definition) is 2. The Morgan fingerprint density at radius 1 is 1.11 bits per heavy atom. The van der Waals surface area contributed by atoms with Crippen molar-refractivity contribution in [1.82, 2.24) is 21.6 Å². The first-order valence-electron chi connectivity index (χ1n) is 5.78. The van der Waals surface area contributed by atoms with E-state index in [4.69, 9.17) is 0 Å². The van der Waals surface area contributed by atoms with Gasteiger partial charge < -0.3 is 11.6 Å². The van der Waals surface area contributed by atoms with Crippen LogP contribution in [0.4, 0.5) is 0 Å². The highest BCUT2D eigenvalue weighted by atomic mass is 16.0. The third-order valence-electron chi connectivity index (χ3n) is 2.24. The molecule has 0 bridgehead atoms. The van der Waals surface area contributed by atoms with Crippen molar-refractivity contribution in [3.8, 4) is 0 Å². The van der Waals surface area contributed by atoms with Gasteiger partial charge in [-0.25, -0.2) is 0 Å². The van der Waals surface area contributed by atoms with Crippen LogP contribution in [0.3, 0.4) is 0 Å². The molecule has 0 radical (unpaired) electrons. The van der Waals surface area contributed by atoms with Crippen LogP contribution in [-0.4, -0.2) is 20.9 Å². The third-order valence-corrected chi connectivity index (χ3v) is 2.24. The molecule has 0 saturated heterocycles. The van der Waals surface area contributed by atoms with Crippen molar-refractivity contribution in [2.24, 2.45) is 0 Å². The van der Waals surface area contributed by atoms with Gasteiger partial charge in [0, 0.05) is 6.20 Å². The molecule has 1 heterocycles. The largest absolute Gasteiger partial charge is 0.412 e. The van der Waals surface area contributed by atoms with E-state index in [1.165, 1.54) is 31.2 Å². The molecule has 0 aliphatic rings. The molecule has 2 aromatic rings. The molecule has 0 unspecified atom stereocenters. The summed E-state index contributed by atoms with van der Waals surface area (Å²) in [5.74, 6) is 0. The van der Waals surface area contributed by atoms with Crippen molar-refractivity contribution < 1.29 is 5.48 Å². The molecule has 0 saturated carbocycles. The quantitative estimate of drug-likeness (QED) is 0.816. The average Bonchev–Trinajstić information content (AvgIpc) is 2.90. The normalized spacial score (nSPS) is 8.28. The summed E-state index contributed by atoms with van der Waals surface area (Å²) in [4.78, 5) is 0. The van der Waals surface area contributed by atoms with E-state index in [1.54, 1.807) is 12.4 Å². The first-order chi connectivity index (χ1) is 7.93. The number of aryl methyl sites for hydroxylation is 1. The molecule has 6 N–H and O–H groups in total. The zero-order valence-corrected chi connectivity index (χ0v) is 11.0. The molecule has 18 heavy (non-hydrogen) atoms. The summed E-state index contributed by atoms with van der Waals surface area (Å²) < 4.78 is 0. The van der Waals surface area contributed by atoms with Crippen LogP contribution in [0.2, 0.25) is 0 Å². The number of nitrogens with zero attached hydrogens (tertiary/aromatic N) is 2. The number of H-pyrrole nitrogens is 1. The molecule has 1 aromatic carbocycles. The van der Waals surface area contributed by atoms with Gasteiger partial charge in [-0.2, -0.15) is 0 Å². The van der Waals surface area contributed by atoms with Gasteiger partial charge in [-0.3, -0.25) is 5.10 Å². The number of nitrogens with one attached hydrogen (secondary N) is 1. The number of aromatic amines is 1. The number of aromatic nitrogens is 3. The summed E-state index contributed by atoms with van der Waals surface area (Å²) in [6.07, 6.45) is 8.48. The Morgan fingerprint density at radius 2 is 1.83 bits per heavy atom. The standard InChI is InChI=1S/C11H16.C2H3N3.H3N.H2O/c1-2-3-5-8-11-9-6-4-7-10-11;1-2-4-5-3-1;;/h4,6-7,9-10H,2-3,5,8H2,1H3;1-2H,(H,3,4,5);1H3;1H2. The minimum absolute atomic E-state index is 0. The van der Waals surface area contributed by atoms with Gasteiger partial charge in [0.25, 0.3) is 0 Å². The van der Waals surface area contributed by atoms with Crippen molar-refractivity contribution in [2.75, 3.05) is 0 Å². The average molecular weight is 252 g/mol. The summed E-state index contributed by atoms with van der Waals surface area (Å²) in [7, 11) is 0. The molecule has 5 nitrogen and oxygen atoms in total. The summed E-state index contributed by atoms with van der Waals surface area (Å²) in [6, 6.07) is 10.7. The van der Waals surface area contributed by atoms with Gasteiger partial charge in [-0.05, 0) is 18.4 Å². The summed E-state index contributed by atoms with van der Waals surface area (Å²) in [5, 5.41) is 9.26. The lowest BCUT2D eigenvalue weighted by Crippen LogP contribution is -1.83. The highest BCUT2D eigenvalue weighted by Gasteiger charge is 1.89. The summed E-state index contributed by atoms with van der Waals surface area (Å²) in [5.41, 5.74) is 1.47. The van der Waals surface area contributed by atoms with Crippen molar-refractivity contribution in [1.29, 1.82) is 0 Å². The maximum absolute atomic E-state index is 3.42. The van der Waals surface area contributed by atoms with Crippen molar-refractivity contribution in [3.05, 3.63) is 48.3 Å². The van der Waals surface area contributed by atoms with E-state index in [9.17, 15) is 0 Å². The fraction of sp³-hybridized carbons (Fsp3) is 0.385. The lowest BCUT2D eigenvalue weighted by molar-refractivity contribution is 0.717. The fourth-order valence-electron chi connectivity index (χ4n) is 1.39. The van der Waals surface area contributed by atoms with Gasteiger partial charge >= 0.3 is 0 Å². The fourth-order valence-corrected chi connectivity index (χ4v) is 1.39. The van der Waals surface area contributed by atoms with Gasteiger partial charge in [-0.15, -0.1) is 5.10 Å². The van der Waals surface area contributed by atoms with E-state index in [1.807, 2.05) is 0 Å². The van der Waals surface area contributed by atoms with Crippen molar-refractivity contribution >= 4 is 0 Å². The van der Waals surface area contributed by atoms with Crippen LogP contribution < -0.4 is 6.15 Å². The van der Waals surface area contributed by atoms with Crippen LogP contribution in [0.15, 0.2) is 42.7 Å². The first-order valence-corrected chi connectivity index (χ1v) is 5.78. The van der Waals surface area contributed by atoms with E-state index in [-0.39, 0.29) is 11.6 Å². The molecule has 1 aromatic heterocycles. The van der Waals surface area contributed by atoms with Gasteiger partial charge in [-0.1, -0.05) is 55.3 Å². The third kappa shape index (κ3) is 9.50. The molecule has 0 amide bonds. The smallest absolute Gasteiger partial charge is 0.0690 e. The van der Waals surface area contributed by atoms with E-state index in [2.05, 4.69) is 52.7 Å². The Hall–Kier alpha value is -1.72. The maximum Gasteiger partial charge on any atom is 0.0690 e. The number of unbranched alkanes of at least 4 members (excludes halogenated alkanes) is 2. The topological polar surface area (TPSA) is 108 Å². The monoisotopic (exact) mass is 252 g/mol. The Kier molecular flexibility index (Phi) is 13.8. The zero-order chi connectivity index (χ0) is 11.5. The van der Waals surface area contributed by atoms with E-state index in [0.29, 0.717) is 0 Å².